The first-order valence-electron chi connectivity index (χ1n) is 11.4. The van der Waals surface area contributed by atoms with Crippen molar-refractivity contribution in [3.05, 3.63) is 53.6 Å². The van der Waals surface area contributed by atoms with E-state index in [1.807, 2.05) is 12.1 Å². The van der Waals surface area contributed by atoms with Crippen molar-refractivity contribution in [3.63, 3.8) is 0 Å². The molecular weight excluding hydrogens is 386 g/mol. The van der Waals surface area contributed by atoms with Crippen LogP contribution in [0.1, 0.15) is 30.9 Å². The van der Waals surface area contributed by atoms with Crippen LogP contribution in [0.15, 0.2) is 42.5 Å². The van der Waals surface area contributed by atoms with Gasteiger partial charge in [0.2, 0.25) is 0 Å². The third-order valence-electron chi connectivity index (χ3n) is 6.96. The molecule has 0 amide bonds. The Labute approximate surface area is 186 Å². The fourth-order valence-corrected chi connectivity index (χ4v) is 5.45. The van der Waals surface area contributed by atoms with Crippen molar-refractivity contribution in [2.75, 3.05) is 56.7 Å². The summed E-state index contributed by atoms with van der Waals surface area (Å²) in [5.74, 6) is 0.946. The number of carbonyl (C=O) groups is 1. The molecular formula is C26H35N3O2. The van der Waals surface area contributed by atoms with E-state index < -0.39 is 0 Å². The van der Waals surface area contributed by atoms with E-state index in [4.69, 9.17) is 4.74 Å². The molecule has 1 saturated heterocycles. The standard InChI is InChI=1S/C26H35N3O2/c1-20-9-11-21(12-10-20)31-18-6-14-28-15-13-24-26(2,19-28)22-7-5-8-23(27(3)4)25(22)29(24)16-17-30/h5,7-12,17,24H,6,13-16,18-19H2,1-4H3. The summed E-state index contributed by atoms with van der Waals surface area (Å²) in [6.45, 7) is 8.78. The molecule has 2 unspecified atom stereocenters. The molecule has 166 valence electrons. The SMILES string of the molecule is Cc1ccc(OCCCN2CCC3N(CC=O)c4c(N(C)C)cccc4C3(C)C2)cc1. The lowest BCUT2D eigenvalue weighted by atomic mass is 9.74. The highest BCUT2D eigenvalue weighted by atomic mass is 16.5. The molecule has 0 saturated carbocycles. The van der Waals surface area contributed by atoms with Gasteiger partial charge in [-0.3, -0.25) is 0 Å². The van der Waals surface area contributed by atoms with E-state index in [2.05, 4.69) is 73.0 Å². The van der Waals surface area contributed by atoms with Gasteiger partial charge in [0.05, 0.1) is 24.5 Å². The third-order valence-corrected chi connectivity index (χ3v) is 6.96. The number of hydrogen-bond donors (Lipinski definition) is 0. The minimum absolute atomic E-state index is 0.0282. The molecule has 0 bridgehead atoms. The first-order chi connectivity index (χ1) is 14.9. The number of fused-ring (bicyclic) bond motifs is 3. The zero-order valence-electron chi connectivity index (χ0n) is 19.3. The lowest BCUT2D eigenvalue weighted by Gasteiger charge is -2.45. The van der Waals surface area contributed by atoms with Crippen molar-refractivity contribution in [2.24, 2.45) is 0 Å². The van der Waals surface area contributed by atoms with Crippen molar-refractivity contribution in [2.45, 2.75) is 38.1 Å². The number of hydrogen-bond acceptors (Lipinski definition) is 5. The molecule has 2 atom stereocenters. The van der Waals surface area contributed by atoms with Gasteiger partial charge in [-0.05, 0) is 43.5 Å². The number of aldehydes is 1. The normalized spacial score (nSPS) is 22.7. The second-order valence-corrected chi connectivity index (χ2v) is 9.40. The highest BCUT2D eigenvalue weighted by molar-refractivity contribution is 5.82. The number of carbonyl (C=O) groups excluding carboxylic acids is 1. The van der Waals surface area contributed by atoms with Crippen molar-refractivity contribution in [1.82, 2.24) is 4.90 Å². The Balaban J connectivity index is 1.45. The van der Waals surface area contributed by atoms with Crippen LogP contribution in [0.3, 0.4) is 0 Å². The van der Waals surface area contributed by atoms with Crippen LogP contribution in [0, 0.1) is 6.92 Å². The van der Waals surface area contributed by atoms with Gasteiger partial charge in [0.25, 0.3) is 0 Å². The van der Waals surface area contributed by atoms with Crippen LogP contribution in [0.2, 0.25) is 0 Å². The second kappa shape index (κ2) is 8.91. The van der Waals surface area contributed by atoms with Crippen molar-refractivity contribution >= 4 is 17.7 Å². The van der Waals surface area contributed by atoms with Crippen LogP contribution >= 0.6 is 0 Å². The van der Waals surface area contributed by atoms with E-state index in [1.54, 1.807) is 0 Å². The summed E-state index contributed by atoms with van der Waals surface area (Å²) in [6, 6.07) is 15.2. The topological polar surface area (TPSA) is 36.0 Å². The minimum atomic E-state index is 0.0282. The van der Waals surface area contributed by atoms with Crippen LogP contribution in [-0.2, 0) is 10.2 Å². The first kappa shape index (κ1) is 21.7. The molecule has 2 heterocycles. The van der Waals surface area contributed by atoms with Crippen molar-refractivity contribution in [3.8, 4) is 5.75 Å². The molecule has 2 aliphatic heterocycles. The molecule has 4 rings (SSSR count). The monoisotopic (exact) mass is 421 g/mol. The average molecular weight is 422 g/mol. The number of benzene rings is 2. The van der Waals surface area contributed by atoms with Gasteiger partial charge in [-0.25, -0.2) is 0 Å². The van der Waals surface area contributed by atoms with Gasteiger partial charge in [0.15, 0.2) is 0 Å². The summed E-state index contributed by atoms with van der Waals surface area (Å²) in [4.78, 5) is 18.6. The molecule has 0 radical (unpaired) electrons. The molecule has 0 N–H and O–H groups in total. The number of nitrogens with zero attached hydrogens (tertiary/aromatic N) is 3. The summed E-state index contributed by atoms with van der Waals surface area (Å²) in [6.07, 6.45) is 3.14. The molecule has 2 aromatic rings. The van der Waals surface area contributed by atoms with Gasteiger partial charge >= 0.3 is 0 Å². The number of aryl methyl sites for hydroxylation is 1. The van der Waals surface area contributed by atoms with E-state index in [-0.39, 0.29) is 5.41 Å². The van der Waals surface area contributed by atoms with Crippen molar-refractivity contribution < 1.29 is 9.53 Å². The Morgan fingerprint density at radius 2 is 1.97 bits per heavy atom. The van der Waals surface area contributed by atoms with Crippen LogP contribution in [0.5, 0.6) is 5.75 Å². The van der Waals surface area contributed by atoms with Gasteiger partial charge in [-0.15, -0.1) is 0 Å². The highest BCUT2D eigenvalue weighted by Gasteiger charge is 2.51. The quantitative estimate of drug-likeness (QED) is 0.478. The number of piperidine rings is 1. The maximum atomic E-state index is 11.5. The Bertz CT molecular complexity index is 911. The smallest absolute Gasteiger partial charge is 0.139 e. The molecule has 5 nitrogen and oxygen atoms in total. The summed E-state index contributed by atoms with van der Waals surface area (Å²) in [5, 5.41) is 0. The van der Waals surface area contributed by atoms with Gasteiger partial charge < -0.3 is 24.2 Å². The third kappa shape index (κ3) is 4.16. The van der Waals surface area contributed by atoms with E-state index in [0.29, 0.717) is 12.6 Å². The number of para-hydroxylation sites is 1. The zero-order chi connectivity index (χ0) is 22.0. The number of ether oxygens (including phenoxy) is 1. The van der Waals surface area contributed by atoms with Crippen molar-refractivity contribution in [1.29, 1.82) is 0 Å². The lowest BCUT2D eigenvalue weighted by molar-refractivity contribution is -0.106. The van der Waals surface area contributed by atoms with E-state index >= 15 is 0 Å². The van der Waals surface area contributed by atoms with Gasteiger partial charge in [0, 0.05) is 45.2 Å². The summed E-state index contributed by atoms with van der Waals surface area (Å²) < 4.78 is 5.93. The molecule has 0 aliphatic carbocycles. The molecule has 0 aromatic heterocycles. The van der Waals surface area contributed by atoms with Gasteiger partial charge in [-0.1, -0.05) is 36.8 Å². The largest absolute Gasteiger partial charge is 0.494 e. The number of anilines is 2. The Morgan fingerprint density at radius 3 is 2.68 bits per heavy atom. The molecule has 2 aliphatic rings. The number of rotatable bonds is 8. The lowest BCUT2D eigenvalue weighted by Crippen LogP contribution is -2.56. The maximum absolute atomic E-state index is 11.5. The van der Waals surface area contributed by atoms with Crippen LogP contribution in [0.4, 0.5) is 11.4 Å². The van der Waals surface area contributed by atoms with E-state index in [9.17, 15) is 4.79 Å². The van der Waals surface area contributed by atoms with E-state index in [0.717, 1.165) is 51.1 Å². The summed E-state index contributed by atoms with van der Waals surface area (Å²) in [5.41, 5.74) is 5.11. The van der Waals surface area contributed by atoms with Crippen LogP contribution in [-0.4, -0.2) is 64.1 Å². The first-order valence-corrected chi connectivity index (χ1v) is 11.4. The predicted octanol–water partition coefficient (Wildman–Crippen LogP) is 3.88. The minimum Gasteiger partial charge on any atom is -0.494 e. The Kier molecular flexibility index (Phi) is 6.24. The Hall–Kier alpha value is -2.53. The fraction of sp³-hybridized carbons (Fsp3) is 0.500. The molecule has 0 spiro atoms. The van der Waals surface area contributed by atoms with Crippen LogP contribution in [0.25, 0.3) is 0 Å². The molecule has 1 fully saturated rings. The molecule has 5 heteroatoms. The maximum Gasteiger partial charge on any atom is 0.139 e. The second-order valence-electron chi connectivity index (χ2n) is 9.40. The number of likely N-dealkylation sites (tertiary alicyclic amines) is 1. The highest BCUT2D eigenvalue weighted by Crippen LogP contribution is 2.52. The van der Waals surface area contributed by atoms with Gasteiger partial charge in [0.1, 0.15) is 12.0 Å². The average Bonchev–Trinajstić information content (AvgIpc) is 3.00. The molecule has 31 heavy (non-hydrogen) atoms. The Morgan fingerprint density at radius 1 is 1.19 bits per heavy atom. The summed E-state index contributed by atoms with van der Waals surface area (Å²) in [7, 11) is 4.17. The molecule has 2 aromatic carbocycles. The fourth-order valence-electron chi connectivity index (χ4n) is 5.45. The summed E-state index contributed by atoms with van der Waals surface area (Å²) >= 11 is 0. The van der Waals surface area contributed by atoms with E-state index in [1.165, 1.54) is 22.5 Å². The van der Waals surface area contributed by atoms with Gasteiger partial charge in [-0.2, -0.15) is 0 Å². The predicted molar refractivity (Wildman–Crippen MR) is 128 cm³/mol. The van der Waals surface area contributed by atoms with Crippen LogP contribution < -0.4 is 14.5 Å². The zero-order valence-corrected chi connectivity index (χ0v) is 19.3.